The highest BCUT2D eigenvalue weighted by molar-refractivity contribution is 5.92. The zero-order valence-corrected chi connectivity index (χ0v) is 11.5. The van der Waals surface area contributed by atoms with Gasteiger partial charge in [-0.25, -0.2) is 4.68 Å². The van der Waals surface area contributed by atoms with Crippen molar-refractivity contribution in [1.29, 1.82) is 0 Å². The molecule has 0 unspecified atom stereocenters. The van der Waals surface area contributed by atoms with E-state index in [1.807, 2.05) is 6.92 Å². The Labute approximate surface area is 117 Å². The molecule has 5 heteroatoms. The molecule has 1 fully saturated rings. The van der Waals surface area contributed by atoms with Crippen LogP contribution in [0.1, 0.15) is 34.3 Å². The smallest absolute Gasteiger partial charge is 0.251 e. The molecule has 1 aromatic carbocycles. The molecule has 3 rings (SSSR count). The van der Waals surface area contributed by atoms with E-state index in [2.05, 4.69) is 28.6 Å². The highest BCUT2D eigenvalue weighted by atomic mass is 16.1. The van der Waals surface area contributed by atoms with Gasteiger partial charge in [0, 0.05) is 18.8 Å². The molecule has 1 aliphatic rings. The number of aryl methyl sites for hydroxylation is 1. The van der Waals surface area contributed by atoms with Gasteiger partial charge < -0.3 is 11.1 Å². The number of aromatic nitrogens is 2. The molecule has 0 radical (unpaired) electrons. The summed E-state index contributed by atoms with van der Waals surface area (Å²) in [7, 11) is 0. The maximum absolute atomic E-state index is 11.1. The first-order chi connectivity index (χ1) is 9.63. The van der Waals surface area contributed by atoms with Gasteiger partial charge in [0.25, 0.3) is 5.91 Å². The molecule has 1 aromatic heterocycles. The van der Waals surface area contributed by atoms with Crippen LogP contribution in [0, 0.1) is 6.92 Å². The fraction of sp³-hybridized carbons (Fsp3) is 0.333. The van der Waals surface area contributed by atoms with Crippen molar-refractivity contribution in [2.24, 2.45) is 5.73 Å². The quantitative estimate of drug-likeness (QED) is 0.865. The highest BCUT2D eigenvalue weighted by Gasteiger charge is 2.20. The molecular weight excluding hydrogens is 252 g/mol. The molecule has 0 aliphatic heterocycles. The van der Waals surface area contributed by atoms with E-state index in [-0.39, 0.29) is 0 Å². The minimum absolute atomic E-state index is 0.422. The number of primary amides is 1. The van der Waals surface area contributed by atoms with Crippen molar-refractivity contribution in [3.05, 3.63) is 47.3 Å². The Morgan fingerprint density at radius 3 is 2.95 bits per heavy atom. The Morgan fingerprint density at radius 1 is 1.50 bits per heavy atom. The highest BCUT2D eigenvalue weighted by Crippen LogP contribution is 2.21. The van der Waals surface area contributed by atoms with Crippen LogP contribution in [0.4, 0.5) is 0 Å². The van der Waals surface area contributed by atoms with Crippen LogP contribution in [-0.4, -0.2) is 21.7 Å². The van der Waals surface area contributed by atoms with Crippen molar-refractivity contribution < 1.29 is 4.79 Å². The summed E-state index contributed by atoms with van der Waals surface area (Å²) < 4.78 is 1.70. The van der Waals surface area contributed by atoms with Crippen molar-refractivity contribution in [2.45, 2.75) is 32.4 Å². The number of amides is 1. The predicted octanol–water partition coefficient (Wildman–Crippen LogP) is 1.53. The molecule has 0 spiro atoms. The minimum Gasteiger partial charge on any atom is -0.366 e. The summed E-state index contributed by atoms with van der Waals surface area (Å²) in [5.41, 5.74) is 8.99. The average molecular weight is 270 g/mol. The number of carbonyl (C=O) groups is 1. The second-order valence-corrected chi connectivity index (χ2v) is 5.31. The van der Waals surface area contributed by atoms with Crippen LogP contribution in [0.5, 0.6) is 0 Å². The molecule has 1 saturated carbocycles. The lowest BCUT2D eigenvalue weighted by Crippen LogP contribution is -2.15. The number of nitrogens with zero attached hydrogens (tertiary/aromatic N) is 2. The number of rotatable bonds is 5. The molecule has 104 valence electrons. The third kappa shape index (κ3) is 2.72. The lowest BCUT2D eigenvalue weighted by Gasteiger charge is -2.09. The van der Waals surface area contributed by atoms with Crippen molar-refractivity contribution >= 4 is 5.91 Å². The van der Waals surface area contributed by atoms with Crippen LogP contribution in [0.3, 0.4) is 0 Å². The second kappa shape index (κ2) is 5.09. The van der Waals surface area contributed by atoms with E-state index >= 15 is 0 Å². The van der Waals surface area contributed by atoms with Gasteiger partial charge in [0.1, 0.15) is 0 Å². The predicted molar refractivity (Wildman–Crippen MR) is 76.7 cm³/mol. The van der Waals surface area contributed by atoms with E-state index in [4.69, 9.17) is 5.73 Å². The third-order valence-electron chi connectivity index (χ3n) is 3.56. The lowest BCUT2D eigenvalue weighted by atomic mass is 10.1. The van der Waals surface area contributed by atoms with Crippen LogP contribution in [0.15, 0.2) is 30.6 Å². The molecule has 1 aliphatic carbocycles. The van der Waals surface area contributed by atoms with Crippen molar-refractivity contribution in [2.75, 3.05) is 0 Å². The summed E-state index contributed by atoms with van der Waals surface area (Å²) in [6.07, 6.45) is 5.72. The number of nitrogens with two attached hydrogens (primary N) is 1. The van der Waals surface area contributed by atoms with Crippen LogP contribution >= 0.6 is 0 Å². The third-order valence-corrected chi connectivity index (χ3v) is 3.56. The maximum Gasteiger partial charge on any atom is 0.251 e. The number of hydrogen-bond acceptors (Lipinski definition) is 3. The maximum atomic E-state index is 11.1. The Kier molecular flexibility index (Phi) is 3.28. The molecule has 5 nitrogen and oxygen atoms in total. The van der Waals surface area contributed by atoms with E-state index in [0.29, 0.717) is 11.6 Å². The molecule has 1 amide bonds. The van der Waals surface area contributed by atoms with Gasteiger partial charge in [0.05, 0.1) is 17.4 Å². The number of hydrogen-bond donors (Lipinski definition) is 2. The largest absolute Gasteiger partial charge is 0.366 e. The molecular formula is C15H18N4O. The lowest BCUT2D eigenvalue weighted by molar-refractivity contribution is 0.100. The molecule has 0 bridgehead atoms. The number of benzene rings is 1. The minimum atomic E-state index is -0.458. The van der Waals surface area contributed by atoms with E-state index in [0.717, 1.165) is 17.8 Å². The molecule has 1 heterocycles. The number of carbonyl (C=O) groups excluding carboxylic acids is 1. The standard InChI is InChI=1S/C15H18N4O/c1-10-2-3-11(7-17-13-4-5-13)6-14(10)19-9-12(8-18-19)15(16)20/h2-3,6,8-9,13,17H,4-5,7H2,1H3,(H2,16,20). The first kappa shape index (κ1) is 12.9. The van der Waals surface area contributed by atoms with Gasteiger partial charge in [-0.05, 0) is 37.0 Å². The van der Waals surface area contributed by atoms with Gasteiger partial charge in [-0.15, -0.1) is 0 Å². The Balaban J connectivity index is 1.85. The first-order valence-electron chi connectivity index (χ1n) is 6.81. The SMILES string of the molecule is Cc1ccc(CNC2CC2)cc1-n1cc(C(N)=O)cn1. The van der Waals surface area contributed by atoms with Gasteiger partial charge >= 0.3 is 0 Å². The van der Waals surface area contributed by atoms with Gasteiger partial charge in [0.2, 0.25) is 0 Å². The molecule has 0 atom stereocenters. The number of nitrogens with one attached hydrogen (secondary N) is 1. The normalized spacial score (nSPS) is 14.4. The summed E-state index contributed by atoms with van der Waals surface area (Å²) in [6, 6.07) is 6.98. The monoisotopic (exact) mass is 270 g/mol. The molecule has 2 aromatic rings. The molecule has 0 saturated heterocycles. The van der Waals surface area contributed by atoms with Crippen LogP contribution in [-0.2, 0) is 6.54 Å². The zero-order valence-electron chi connectivity index (χ0n) is 11.5. The van der Waals surface area contributed by atoms with E-state index in [1.54, 1.807) is 10.9 Å². The van der Waals surface area contributed by atoms with E-state index in [9.17, 15) is 4.79 Å². The second-order valence-electron chi connectivity index (χ2n) is 5.31. The van der Waals surface area contributed by atoms with Crippen LogP contribution < -0.4 is 11.1 Å². The summed E-state index contributed by atoms with van der Waals surface area (Å²) in [6.45, 7) is 2.89. The van der Waals surface area contributed by atoms with Crippen molar-refractivity contribution in [3.8, 4) is 5.69 Å². The first-order valence-corrected chi connectivity index (χ1v) is 6.81. The Morgan fingerprint density at radius 2 is 2.30 bits per heavy atom. The van der Waals surface area contributed by atoms with Crippen molar-refractivity contribution in [1.82, 2.24) is 15.1 Å². The average Bonchev–Trinajstić information content (AvgIpc) is 3.12. The Bertz CT molecular complexity index is 643. The summed E-state index contributed by atoms with van der Waals surface area (Å²) in [5, 5.41) is 7.70. The van der Waals surface area contributed by atoms with Crippen LogP contribution in [0.25, 0.3) is 5.69 Å². The van der Waals surface area contributed by atoms with E-state index in [1.165, 1.54) is 24.6 Å². The molecule has 3 N–H and O–H groups in total. The summed E-state index contributed by atoms with van der Waals surface area (Å²) in [4.78, 5) is 11.1. The topological polar surface area (TPSA) is 72.9 Å². The molecule has 20 heavy (non-hydrogen) atoms. The van der Waals surface area contributed by atoms with Gasteiger partial charge in [-0.3, -0.25) is 4.79 Å². The fourth-order valence-electron chi connectivity index (χ4n) is 2.14. The van der Waals surface area contributed by atoms with Gasteiger partial charge in [0.15, 0.2) is 0 Å². The van der Waals surface area contributed by atoms with E-state index < -0.39 is 5.91 Å². The van der Waals surface area contributed by atoms with Crippen LogP contribution in [0.2, 0.25) is 0 Å². The summed E-state index contributed by atoms with van der Waals surface area (Å²) in [5.74, 6) is -0.458. The van der Waals surface area contributed by atoms with Gasteiger partial charge in [-0.1, -0.05) is 12.1 Å². The van der Waals surface area contributed by atoms with Gasteiger partial charge in [-0.2, -0.15) is 5.10 Å². The summed E-state index contributed by atoms with van der Waals surface area (Å²) >= 11 is 0. The Hall–Kier alpha value is -2.14. The van der Waals surface area contributed by atoms with Crippen molar-refractivity contribution in [3.63, 3.8) is 0 Å². The fourth-order valence-corrected chi connectivity index (χ4v) is 2.14. The zero-order chi connectivity index (χ0) is 14.1.